The molecule has 2 amide bonds. The molecule has 5 nitrogen and oxygen atoms in total. The number of nitrogens with one attached hydrogen (secondary N) is 1. The van der Waals surface area contributed by atoms with E-state index < -0.39 is 11.7 Å². The summed E-state index contributed by atoms with van der Waals surface area (Å²) in [6.07, 6.45) is 2.45. The molecule has 1 saturated heterocycles. The van der Waals surface area contributed by atoms with Gasteiger partial charge in [0.2, 0.25) is 5.91 Å². The quantitative estimate of drug-likeness (QED) is 0.724. The van der Waals surface area contributed by atoms with Gasteiger partial charge in [0, 0.05) is 25.6 Å². The number of benzene rings is 2. The number of piperidine rings is 1. The van der Waals surface area contributed by atoms with Crippen molar-refractivity contribution >= 4 is 11.8 Å². The minimum Gasteiger partial charge on any atom is -0.493 e. The Kier molecular flexibility index (Phi) is 7.22. The number of amides is 2. The molecule has 3 rings (SSSR count). The summed E-state index contributed by atoms with van der Waals surface area (Å²) >= 11 is 0. The Balaban J connectivity index is 1.36. The summed E-state index contributed by atoms with van der Waals surface area (Å²) in [7, 11) is 0. The Labute approximate surface area is 170 Å². The van der Waals surface area contributed by atoms with Gasteiger partial charge in [-0.2, -0.15) is 0 Å². The molecule has 0 saturated carbocycles. The zero-order valence-corrected chi connectivity index (χ0v) is 16.7. The van der Waals surface area contributed by atoms with Crippen molar-refractivity contribution < 1.29 is 18.7 Å². The van der Waals surface area contributed by atoms with Gasteiger partial charge in [0.25, 0.3) is 5.91 Å². The first kappa shape index (κ1) is 20.8. The van der Waals surface area contributed by atoms with Crippen molar-refractivity contribution in [2.45, 2.75) is 38.6 Å². The predicted molar refractivity (Wildman–Crippen MR) is 109 cm³/mol. The molecule has 2 aromatic rings. The van der Waals surface area contributed by atoms with E-state index in [9.17, 15) is 14.0 Å². The second kappa shape index (κ2) is 10.0. The zero-order chi connectivity index (χ0) is 20.6. The first-order valence-corrected chi connectivity index (χ1v) is 10.1. The third-order valence-corrected chi connectivity index (χ3v) is 5.19. The second-order valence-electron chi connectivity index (χ2n) is 7.33. The van der Waals surface area contributed by atoms with E-state index in [1.165, 1.54) is 12.1 Å². The van der Waals surface area contributed by atoms with Gasteiger partial charge >= 0.3 is 0 Å². The number of para-hydroxylation sites is 1. The summed E-state index contributed by atoms with van der Waals surface area (Å²) in [6, 6.07) is 13.7. The van der Waals surface area contributed by atoms with Crippen molar-refractivity contribution in [3.63, 3.8) is 0 Å². The zero-order valence-electron chi connectivity index (χ0n) is 16.7. The van der Waals surface area contributed by atoms with Gasteiger partial charge in [0.1, 0.15) is 11.6 Å². The van der Waals surface area contributed by atoms with Gasteiger partial charge in [-0.05, 0) is 49.9 Å². The average Bonchev–Trinajstić information content (AvgIpc) is 2.73. The number of likely N-dealkylation sites (tertiary alicyclic amines) is 1. The molecular weight excluding hydrogens is 371 g/mol. The molecule has 6 heteroatoms. The summed E-state index contributed by atoms with van der Waals surface area (Å²) in [5.41, 5.74) is 1.14. The van der Waals surface area contributed by atoms with Gasteiger partial charge in [-0.3, -0.25) is 9.59 Å². The van der Waals surface area contributed by atoms with Crippen LogP contribution in [0.4, 0.5) is 4.39 Å². The predicted octanol–water partition coefficient (Wildman–Crippen LogP) is 3.71. The van der Waals surface area contributed by atoms with E-state index in [2.05, 4.69) is 5.32 Å². The second-order valence-corrected chi connectivity index (χ2v) is 7.33. The van der Waals surface area contributed by atoms with Crippen LogP contribution in [0.15, 0.2) is 48.5 Å². The topological polar surface area (TPSA) is 58.6 Å². The van der Waals surface area contributed by atoms with Crippen LogP contribution >= 0.6 is 0 Å². The molecule has 0 radical (unpaired) electrons. The van der Waals surface area contributed by atoms with Gasteiger partial charge in [-0.25, -0.2) is 4.39 Å². The third kappa shape index (κ3) is 5.79. The van der Waals surface area contributed by atoms with Gasteiger partial charge in [0.05, 0.1) is 12.2 Å². The lowest BCUT2D eigenvalue weighted by Crippen LogP contribution is -2.46. The maximum Gasteiger partial charge on any atom is 0.254 e. The largest absolute Gasteiger partial charge is 0.493 e. The maximum atomic E-state index is 13.7. The first-order valence-electron chi connectivity index (χ1n) is 10.1. The molecule has 0 atom stereocenters. The molecule has 1 heterocycles. The minimum absolute atomic E-state index is 0.0458. The highest BCUT2D eigenvalue weighted by atomic mass is 19.1. The van der Waals surface area contributed by atoms with Crippen LogP contribution in [0.3, 0.4) is 0 Å². The summed E-state index contributed by atoms with van der Waals surface area (Å²) < 4.78 is 19.5. The number of carbonyl (C=O) groups is 2. The van der Waals surface area contributed by atoms with Crippen molar-refractivity contribution in [3.8, 4) is 5.75 Å². The Morgan fingerprint density at radius 2 is 1.79 bits per heavy atom. The highest BCUT2D eigenvalue weighted by molar-refractivity contribution is 5.94. The maximum absolute atomic E-state index is 13.7. The Bertz CT molecular complexity index is 848. The smallest absolute Gasteiger partial charge is 0.254 e. The minimum atomic E-state index is -0.523. The number of nitrogens with zero attached hydrogens (tertiary/aromatic N) is 1. The van der Waals surface area contributed by atoms with Crippen LogP contribution < -0.4 is 10.1 Å². The molecule has 2 aromatic carbocycles. The lowest BCUT2D eigenvalue weighted by molar-refractivity contribution is -0.132. The molecular formula is C23H27FN2O3. The normalized spacial score (nSPS) is 14.5. The van der Waals surface area contributed by atoms with Crippen molar-refractivity contribution in [2.75, 3.05) is 19.7 Å². The fourth-order valence-corrected chi connectivity index (χ4v) is 3.46. The molecule has 29 heavy (non-hydrogen) atoms. The van der Waals surface area contributed by atoms with Crippen LogP contribution in [-0.4, -0.2) is 42.5 Å². The van der Waals surface area contributed by atoms with Gasteiger partial charge in [-0.15, -0.1) is 0 Å². The Morgan fingerprint density at radius 3 is 2.52 bits per heavy atom. The van der Waals surface area contributed by atoms with Crippen LogP contribution in [0, 0.1) is 12.7 Å². The molecule has 0 aromatic heterocycles. The number of carbonyl (C=O) groups excluding carboxylic acids is 2. The van der Waals surface area contributed by atoms with Crippen molar-refractivity contribution in [1.82, 2.24) is 10.2 Å². The fourth-order valence-electron chi connectivity index (χ4n) is 3.46. The molecule has 1 aliphatic rings. The van der Waals surface area contributed by atoms with E-state index in [0.717, 1.165) is 11.3 Å². The standard InChI is InChI=1S/C23H27FN2O3/c1-17-7-2-5-10-21(17)29-16-6-11-22(27)26-14-12-18(13-15-26)25-23(28)19-8-3-4-9-20(19)24/h2-5,7-10,18H,6,11-16H2,1H3,(H,25,28). The molecule has 1 fully saturated rings. The van der Waals surface area contributed by atoms with Gasteiger partial charge < -0.3 is 15.0 Å². The van der Waals surface area contributed by atoms with Gasteiger partial charge in [0.15, 0.2) is 0 Å². The molecule has 0 unspecified atom stereocenters. The van der Waals surface area contributed by atoms with E-state index in [1.807, 2.05) is 36.1 Å². The summed E-state index contributed by atoms with van der Waals surface area (Å²) in [6.45, 7) is 3.70. The molecule has 154 valence electrons. The fraction of sp³-hybridized carbons (Fsp3) is 0.391. The monoisotopic (exact) mass is 398 g/mol. The number of rotatable bonds is 7. The number of halogens is 1. The lowest BCUT2D eigenvalue weighted by atomic mass is 10.0. The SMILES string of the molecule is Cc1ccccc1OCCCC(=O)N1CCC(NC(=O)c2ccccc2F)CC1. The molecule has 0 aliphatic carbocycles. The number of hydrogen-bond donors (Lipinski definition) is 1. The molecule has 0 spiro atoms. The van der Waals surface area contributed by atoms with E-state index >= 15 is 0 Å². The van der Waals surface area contributed by atoms with E-state index in [0.29, 0.717) is 45.4 Å². The van der Waals surface area contributed by atoms with Crippen LogP contribution in [0.5, 0.6) is 5.75 Å². The highest BCUT2D eigenvalue weighted by Gasteiger charge is 2.24. The lowest BCUT2D eigenvalue weighted by Gasteiger charge is -2.32. The van der Waals surface area contributed by atoms with Gasteiger partial charge in [-0.1, -0.05) is 30.3 Å². The number of hydrogen-bond acceptors (Lipinski definition) is 3. The van der Waals surface area contributed by atoms with Crippen LogP contribution in [-0.2, 0) is 4.79 Å². The Morgan fingerprint density at radius 1 is 1.10 bits per heavy atom. The van der Waals surface area contributed by atoms with Crippen LogP contribution in [0.1, 0.15) is 41.6 Å². The summed E-state index contributed by atoms with van der Waals surface area (Å²) in [5.74, 6) is 0.0374. The van der Waals surface area contributed by atoms with Crippen molar-refractivity contribution in [2.24, 2.45) is 0 Å². The summed E-state index contributed by atoms with van der Waals surface area (Å²) in [5, 5.41) is 2.87. The van der Waals surface area contributed by atoms with Crippen LogP contribution in [0.2, 0.25) is 0 Å². The van der Waals surface area contributed by atoms with Crippen molar-refractivity contribution in [1.29, 1.82) is 0 Å². The van der Waals surface area contributed by atoms with Crippen LogP contribution in [0.25, 0.3) is 0 Å². The molecule has 1 N–H and O–H groups in total. The average molecular weight is 398 g/mol. The third-order valence-electron chi connectivity index (χ3n) is 5.19. The Hall–Kier alpha value is -2.89. The summed E-state index contributed by atoms with van der Waals surface area (Å²) in [4.78, 5) is 26.5. The number of aryl methyl sites for hydroxylation is 1. The number of ether oxygens (including phenoxy) is 1. The first-order chi connectivity index (χ1) is 14.0. The van der Waals surface area contributed by atoms with Crippen molar-refractivity contribution in [3.05, 3.63) is 65.5 Å². The van der Waals surface area contributed by atoms with E-state index in [4.69, 9.17) is 4.74 Å². The van der Waals surface area contributed by atoms with E-state index in [-0.39, 0.29) is 17.5 Å². The highest BCUT2D eigenvalue weighted by Crippen LogP contribution is 2.17. The molecule has 1 aliphatic heterocycles. The molecule has 0 bridgehead atoms. The van der Waals surface area contributed by atoms with E-state index in [1.54, 1.807) is 12.1 Å².